The first kappa shape index (κ1) is 78.5. The van der Waals surface area contributed by atoms with Crippen molar-refractivity contribution in [2.24, 2.45) is 0 Å². The Kier molecular flexibility index (Phi) is 66.3. The summed E-state index contributed by atoms with van der Waals surface area (Å²) in [6.07, 6.45) is 99.3. The molecule has 0 radical (unpaired) electrons. The highest BCUT2D eigenvalue weighted by molar-refractivity contribution is 5.72. The highest BCUT2D eigenvalue weighted by Gasteiger charge is 2.19. The van der Waals surface area contributed by atoms with Crippen LogP contribution in [-0.4, -0.2) is 37.2 Å². The zero-order valence-electron chi connectivity index (χ0n) is 54.2. The molecule has 0 saturated carbocycles. The molecule has 0 spiro atoms. The van der Waals surface area contributed by atoms with Gasteiger partial charge in [-0.1, -0.05) is 315 Å². The number of allylic oxidation sites excluding steroid dienone is 21. The normalized spacial score (nSPS) is 13.0. The Morgan fingerprint density at radius 2 is 0.518 bits per heavy atom. The molecule has 0 bridgehead atoms. The molecule has 0 rings (SSSR count). The molecule has 0 heterocycles. The van der Waals surface area contributed by atoms with E-state index in [0.29, 0.717) is 12.8 Å². The number of ether oxygens (including phenoxy) is 3. The fourth-order valence-electron chi connectivity index (χ4n) is 9.54. The van der Waals surface area contributed by atoms with E-state index in [-0.39, 0.29) is 31.6 Å². The van der Waals surface area contributed by atoms with Gasteiger partial charge in [0.15, 0.2) is 6.10 Å². The molecule has 0 saturated heterocycles. The monoisotopic (exact) mass is 1150 g/mol. The van der Waals surface area contributed by atoms with Gasteiger partial charge in [0.25, 0.3) is 0 Å². The number of hydrogen-bond acceptors (Lipinski definition) is 6. The lowest BCUT2D eigenvalue weighted by Crippen LogP contribution is -2.30. The molecule has 1 atom stereocenters. The average Bonchev–Trinajstić information content (AvgIpc) is 3.49. The molecule has 6 heteroatoms. The van der Waals surface area contributed by atoms with Crippen molar-refractivity contribution >= 4 is 17.9 Å². The van der Waals surface area contributed by atoms with Crippen molar-refractivity contribution in [1.82, 2.24) is 0 Å². The van der Waals surface area contributed by atoms with Crippen molar-refractivity contribution in [3.05, 3.63) is 134 Å². The largest absolute Gasteiger partial charge is 0.462 e. The Balaban J connectivity index is 4.39. The maximum atomic E-state index is 12.9. The Hall–Kier alpha value is -4.45. The molecule has 0 fully saturated rings. The zero-order chi connectivity index (χ0) is 59.9. The fraction of sp³-hybridized carbons (Fsp3) is 0.675. The van der Waals surface area contributed by atoms with E-state index in [9.17, 15) is 14.4 Å². The van der Waals surface area contributed by atoms with E-state index in [1.54, 1.807) is 6.08 Å². The molecule has 0 N–H and O–H groups in total. The van der Waals surface area contributed by atoms with E-state index < -0.39 is 12.1 Å². The van der Waals surface area contributed by atoms with Crippen LogP contribution in [0.5, 0.6) is 0 Å². The summed E-state index contributed by atoms with van der Waals surface area (Å²) in [6, 6.07) is 0. The van der Waals surface area contributed by atoms with Crippen molar-refractivity contribution in [3.8, 4) is 0 Å². The molecule has 0 aliphatic rings. The summed E-state index contributed by atoms with van der Waals surface area (Å²) in [5.74, 6) is -1.05. The molecule has 472 valence electrons. The molecule has 0 aliphatic carbocycles. The van der Waals surface area contributed by atoms with Gasteiger partial charge >= 0.3 is 17.9 Å². The molecule has 0 aromatic heterocycles. The number of hydrogen-bond donors (Lipinski definition) is 0. The Morgan fingerprint density at radius 3 is 0.855 bits per heavy atom. The van der Waals surface area contributed by atoms with Gasteiger partial charge in [-0.25, -0.2) is 0 Å². The number of carbonyl (C=O) groups excluding carboxylic acids is 3. The van der Waals surface area contributed by atoms with Crippen LogP contribution in [0.2, 0.25) is 0 Å². The molecule has 0 amide bonds. The highest BCUT2D eigenvalue weighted by atomic mass is 16.6. The van der Waals surface area contributed by atoms with E-state index in [1.165, 1.54) is 161 Å². The minimum absolute atomic E-state index is 0.115. The Labute approximate surface area is 513 Å². The van der Waals surface area contributed by atoms with Crippen LogP contribution in [0.25, 0.3) is 0 Å². The fourth-order valence-corrected chi connectivity index (χ4v) is 9.54. The molecule has 83 heavy (non-hydrogen) atoms. The predicted molar refractivity (Wildman–Crippen MR) is 362 cm³/mol. The SMILES string of the molecule is CC/C=C\C/C=C\C/C=C\C/C=C\C/C=C\CCCCCCCCCC(=O)OC(COC(=O)C/C=C\C/C=C\C/C=C\C/C=C\C/C=C\CC)COC(=O)CCCCCCCCCCCCCCCCC/C=C\CCCCCCCCCC. The van der Waals surface area contributed by atoms with Crippen LogP contribution in [0.4, 0.5) is 0 Å². The summed E-state index contributed by atoms with van der Waals surface area (Å²) in [5.41, 5.74) is 0. The minimum atomic E-state index is -0.830. The van der Waals surface area contributed by atoms with Crippen molar-refractivity contribution in [1.29, 1.82) is 0 Å². The van der Waals surface area contributed by atoms with Gasteiger partial charge in [-0.05, 0) is 116 Å². The van der Waals surface area contributed by atoms with Gasteiger partial charge in [0, 0.05) is 12.8 Å². The van der Waals surface area contributed by atoms with E-state index in [4.69, 9.17) is 14.2 Å². The standard InChI is InChI=1S/C77H128O6/c1-4-7-10-13-16-19-22-25-28-30-32-34-36-37-38-39-41-42-44-46-49-52-55-58-61-64-67-70-76(79)82-73-74(72-81-75(78)69-66-63-60-57-54-51-48-27-24-21-18-15-12-9-6-3)83-77(80)71-68-65-62-59-56-53-50-47-45-43-40-35-33-31-29-26-23-20-17-14-11-8-5-2/h8-9,11-12,17-18,20-21,26-27,29-30,32-33,35,43,45,48,54,57,63,66,74H,4-7,10,13-16,19,22-25,28,31,34,36-42,44,46-47,49-53,55-56,58-62,64-65,67-73H2,1-3H3/b11-8-,12-9-,20-17-,21-18-,29-26-,32-30-,35-33-,45-43-,48-27-,57-54-,66-63-. The first-order valence-corrected chi connectivity index (χ1v) is 34.7. The summed E-state index contributed by atoms with van der Waals surface area (Å²) in [4.78, 5) is 38.4. The first-order valence-electron chi connectivity index (χ1n) is 34.7. The second-order valence-corrected chi connectivity index (χ2v) is 22.7. The van der Waals surface area contributed by atoms with Crippen LogP contribution in [-0.2, 0) is 28.6 Å². The topological polar surface area (TPSA) is 78.9 Å². The Morgan fingerprint density at radius 1 is 0.265 bits per heavy atom. The quantitative estimate of drug-likeness (QED) is 0.0261. The summed E-state index contributed by atoms with van der Waals surface area (Å²) < 4.78 is 16.9. The smallest absolute Gasteiger partial charge is 0.309 e. The summed E-state index contributed by atoms with van der Waals surface area (Å²) in [6.45, 7) is 6.34. The van der Waals surface area contributed by atoms with Crippen molar-refractivity contribution < 1.29 is 28.6 Å². The zero-order valence-corrected chi connectivity index (χ0v) is 54.2. The summed E-state index contributed by atoms with van der Waals surface area (Å²) in [5, 5.41) is 0. The second kappa shape index (κ2) is 70.0. The lowest BCUT2D eigenvalue weighted by molar-refractivity contribution is -0.166. The molecule has 0 aliphatic heterocycles. The van der Waals surface area contributed by atoms with E-state index in [2.05, 4.69) is 142 Å². The van der Waals surface area contributed by atoms with E-state index in [0.717, 1.165) is 116 Å². The van der Waals surface area contributed by atoms with Gasteiger partial charge < -0.3 is 14.2 Å². The van der Waals surface area contributed by atoms with Crippen molar-refractivity contribution in [3.63, 3.8) is 0 Å². The highest BCUT2D eigenvalue weighted by Crippen LogP contribution is 2.17. The molecular weight excluding hydrogens is 1020 g/mol. The maximum Gasteiger partial charge on any atom is 0.309 e. The molecule has 0 aromatic carbocycles. The van der Waals surface area contributed by atoms with Gasteiger partial charge in [-0.3, -0.25) is 14.4 Å². The lowest BCUT2D eigenvalue weighted by Gasteiger charge is -2.18. The van der Waals surface area contributed by atoms with Crippen LogP contribution in [0, 0.1) is 0 Å². The number of carbonyl (C=O) groups is 3. The first-order chi connectivity index (χ1) is 41.0. The average molecular weight is 1150 g/mol. The summed E-state index contributed by atoms with van der Waals surface area (Å²) in [7, 11) is 0. The van der Waals surface area contributed by atoms with Crippen LogP contribution in [0.1, 0.15) is 316 Å². The molecular formula is C77H128O6. The second-order valence-electron chi connectivity index (χ2n) is 22.7. The van der Waals surface area contributed by atoms with Crippen LogP contribution < -0.4 is 0 Å². The van der Waals surface area contributed by atoms with Gasteiger partial charge in [0.1, 0.15) is 13.2 Å². The molecule has 0 aromatic rings. The minimum Gasteiger partial charge on any atom is -0.462 e. The summed E-state index contributed by atoms with van der Waals surface area (Å²) >= 11 is 0. The number of unbranched alkanes of at least 4 members (excludes halogenated alkanes) is 30. The van der Waals surface area contributed by atoms with Crippen LogP contribution >= 0.6 is 0 Å². The van der Waals surface area contributed by atoms with Crippen LogP contribution in [0.3, 0.4) is 0 Å². The predicted octanol–water partition coefficient (Wildman–Crippen LogP) is 24.1. The van der Waals surface area contributed by atoms with Gasteiger partial charge in [-0.2, -0.15) is 0 Å². The Bertz CT molecular complexity index is 1750. The maximum absolute atomic E-state index is 12.9. The van der Waals surface area contributed by atoms with Crippen molar-refractivity contribution in [2.45, 2.75) is 322 Å². The van der Waals surface area contributed by atoms with E-state index in [1.807, 2.05) is 6.08 Å². The lowest BCUT2D eigenvalue weighted by atomic mass is 10.0. The molecule has 1 unspecified atom stereocenters. The van der Waals surface area contributed by atoms with Gasteiger partial charge in [-0.15, -0.1) is 0 Å². The number of esters is 3. The third kappa shape index (κ3) is 68.2. The number of rotatable bonds is 62. The third-order valence-electron chi connectivity index (χ3n) is 14.7. The molecule has 6 nitrogen and oxygen atoms in total. The van der Waals surface area contributed by atoms with Gasteiger partial charge in [0.05, 0.1) is 6.42 Å². The van der Waals surface area contributed by atoms with Crippen LogP contribution in [0.15, 0.2) is 134 Å². The third-order valence-corrected chi connectivity index (χ3v) is 14.7. The van der Waals surface area contributed by atoms with Crippen molar-refractivity contribution in [2.75, 3.05) is 13.2 Å². The van der Waals surface area contributed by atoms with E-state index >= 15 is 0 Å². The van der Waals surface area contributed by atoms with Gasteiger partial charge in [0.2, 0.25) is 0 Å².